The lowest BCUT2D eigenvalue weighted by atomic mass is 10.2. The highest BCUT2D eigenvalue weighted by atomic mass is 16.5. The fourth-order valence-electron chi connectivity index (χ4n) is 2.22. The summed E-state index contributed by atoms with van der Waals surface area (Å²) in [6.45, 7) is 0.770. The quantitative estimate of drug-likeness (QED) is 0.591. The van der Waals surface area contributed by atoms with Gasteiger partial charge in [0, 0.05) is 7.05 Å². The topological polar surface area (TPSA) is 105 Å². The molecule has 0 spiro atoms. The van der Waals surface area contributed by atoms with Gasteiger partial charge < -0.3 is 19.7 Å². The Bertz CT molecular complexity index is 705. The number of nitrogens with zero attached hydrogens (tertiary/aromatic N) is 2. The fraction of sp³-hybridized carbons (Fsp3) is 0.375. The molecule has 4 amide bonds. The second-order valence-corrected chi connectivity index (χ2v) is 5.44. The summed E-state index contributed by atoms with van der Waals surface area (Å²) in [5.41, 5.74) is 0.435. The van der Waals surface area contributed by atoms with Crippen molar-refractivity contribution in [2.45, 2.75) is 13.0 Å². The number of carbonyl (C=O) groups is 4. The van der Waals surface area contributed by atoms with E-state index in [4.69, 9.17) is 9.47 Å². The lowest BCUT2D eigenvalue weighted by Gasteiger charge is -2.17. The van der Waals surface area contributed by atoms with Gasteiger partial charge in [0.25, 0.3) is 11.8 Å². The van der Waals surface area contributed by atoms with Crippen molar-refractivity contribution in [2.24, 2.45) is 0 Å². The number of likely N-dealkylation sites (N-methyl/N-ethyl adjacent to an activating group) is 1. The Morgan fingerprint density at radius 3 is 2.56 bits per heavy atom. The number of imide groups is 1. The molecule has 1 heterocycles. The molecule has 0 saturated carbocycles. The van der Waals surface area contributed by atoms with Crippen molar-refractivity contribution in [1.29, 1.82) is 0 Å². The van der Waals surface area contributed by atoms with Gasteiger partial charge in [0.2, 0.25) is 0 Å². The Morgan fingerprint density at radius 2 is 1.96 bits per heavy atom. The molecule has 0 aromatic heterocycles. The third kappa shape index (κ3) is 4.25. The Balaban J connectivity index is 1.91. The number of hydrogen-bond acceptors (Lipinski definition) is 6. The molecule has 1 aliphatic heterocycles. The van der Waals surface area contributed by atoms with Crippen LogP contribution in [0.5, 0.6) is 5.75 Å². The number of ether oxygens (including phenoxy) is 2. The van der Waals surface area contributed by atoms with E-state index in [1.54, 1.807) is 24.3 Å². The lowest BCUT2D eigenvalue weighted by Crippen LogP contribution is -2.39. The summed E-state index contributed by atoms with van der Waals surface area (Å²) in [5.74, 6) is -1.44. The second kappa shape index (κ2) is 7.65. The van der Waals surface area contributed by atoms with Gasteiger partial charge in [-0.1, -0.05) is 12.1 Å². The molecule has 0 unspecified atom stereocenters. The highest BCUT2D eigenvalue weighted by Crippen LogP contribution is 2.23. The van der Waals surface area contributed by atoms with E-state index in [1.165, 1.54) is 26.0 Å². The van der Waals surface area contributed by atoms with Crippen LogP contribution in [-0.2, 0) is 19.1 Å². The molecule has 1 aromatic carbocycles. The first-order valence-electron chi connectivity index (χ1n) is 7.52. The molecule has 1 saturated heterocycles. The molecule has 25 heavy (non-hydrogen) atoms. The lowest BCUT2D eigenvalue weighted by molar-refractivity contribution is -0.154. The van der Waals surface area contributed by atoms with Crippen molar-refractivity contribution in [3.05, 3.63) is 24.3 Å². The summed E-state index contributed by atoms with van der Waals surface area (Å²) in [6.07, 6.45) is -1.11. The van der Waals surface area contributed by atoms with Crippen LogP contribution in [-0.4, -0.2) is 67.0 Å². The van der Waals surface area contributed by atoms with Crippen LogP contribution in [0.15, 0.2) is 24.3 Å². The number of hydrogen-bond donors (Lipinski definition) is 1. The van der Waals surface area contributed by atoms with E-state index < -0.39 is 36.5 Å². The van der Waals surface area contributed by atoms with Crippen molar-refractivity contribution < 1.29 is 28.7 Å². The van der Waals surface area contributed by atoms with E-state index in [2.05, 4.69) is 5.32 Å². The first kappa shape index (κ1) is 18.2. The number of nitrogens with one attached hydrogen (secondary N) is 1. The normalized spacial score (nSPS) is 15.2. The van der Waals surface area contributed by atoms with E-state index in [1.807, 2.05) is 0 Å². The smallest absolute Gasteiger partial charge is 0.327 e. The molecule has 1 atom stereocenters. The Labute approximate surface area is 144 Å². The van der Waals surface area contributed by atoms with E-state index in [9.17, 15) is 19.2 Å². The SMILES string of the molecule is COc1ccccc1NC(=O)[C@@H](C)OC(=O)CN1C(=O)CN(C)C1=O. The maximum absolute atomic E-state index is 12.1. The van der Waals surface area contributed by atoms with Gasteiger partial charge in [-0.2, -0.15) is 0 Å². The van der Waals surface area contributed by atoms with E-state index in [-0.39, 0.29) is 6.54 Å². The van der Waals surface area contributed by atoms with Crippen LogP contribution in [0, 0.1) is 0 Å². The first-order valence-corrected chi connectivity index (χ1v) is 7.52. The van der Waals surface area contributed by atoms with Crippen LogP contribution in [0.4, 0.5) is 10.5 Å². The highest BCUT2D eigenvalue weighted by molar-refractivity contribution is 6.04. The molecule has 0 aliphatic carbocycles. The molecule has 1 aliphatic rings. The van der Waals surface area contributed by atoms with Crippen LogP contribution in [0.25, 0.3) is 0 Å². The van der Waals surface area contributed by atoms with E-state index >= 15 is 0 Å². The highest BCUT2D eigenvalue weighted by Gasteiger charge is 2.35. The molecule has 9 nitrogen and oxygen atoms in total. The summed E-state index contributed by atoms with van der Waals surface area (Å²) in [6, 6.07) is 6.21. The monoisotopic (exact) mass is 349 g/mol. The van der Waals surface area contributed by atoms with Crippen LogP contribution in [0.2, 0.25) is 0 Å². The summed E-state index contributed by atoms with van der Waals surface area (Å²) in [5, 5.41) is 2.59. The average molecular weight is 349 g/mol. The number of anilines is 1. The molecule has 1 aromatic rings. The molecular weight excluding hydrogens is 330 g/mol. The maximum atomic E-state index is 12.1. The fourth-order valence-corrected chi connectivity index (χ4v) is 2.22. The second-order valence-electron chi connectivity index (χ2n) is 5.44. The third-order valence-corrected chi connectivity index (χ3v) is 3.56. The number of esters is 1. The predicted octanol–water partition coefficient (Wildman–Crippen LogP) is 0.459. The van der Waals surface area contributed by atoms with Crippen LogP contribution in [0.1, 0.15) is 6.92 Å². The maximum Gasteiger partial charge on any atom is 0.327 e. The third-order valence-electron chi connectivity index (χ3n) is 3.56. The Kier molecular flexibility index (Phi) is 5.58. The van der Waals surface area contributed by atoms with Crippen molar-refractivity contribution in [2.75, 3.05) is 32.6 Å². The molecule has 0 radical (unpaired) electrons. The van der Waals surface area contributed by atoms with Crippen LogP contribution in [0.3, 0.4) is 0 Å². The zero-order chi connectivity index (χ0) is 18.6. The van der Waals surface area contributed by atoms with Crippen molar-refractivity contribution in [3.63, 3.8) is 0 Å². The number of para-hydroxylation sites is 2. The summed E-state index contributed by atoms with van der Waals surface area (Å²) >= 11 is 0. The van der Waals surface area contributed by atoms with Crippen LogP contribution >= 0.6 is 0 Å². The van der Waals surface area contributed by atoms with Gasteiger partial charge in [-0.3, -0.25) is 19.3 Å². The number of amides is 4. The number of benzene rings is 1. The van der Waals surface area contributed by atoms with Crippen molar-refractivity contribution in [3.8, 4) is 5.75 Å². The molecule has 1 fully saturated rings. The van der Waals surface area contributed by atoms with Gasteiger partial charge in [-0.05, 0) is 19.1 Å². The van der Waals surface area contributed by atoms with Crippen LogP contribution < -0.4 is 10.1 Å². The van der Waals surface area contributed by atoms with Gasteiger partial charge in [0.15, 0.2) is 6.10 Å². The van der Waals surface area contributed by atoms with Gasteiger partial charge in [-0.15, -0.1) is 0 Å². The average Bonchev–Trinajstić information content (AvgIpc) is 2.81. The van der Waals surface area contributed by atoms with Crippen molar-refractivity contribution >= 4 is 29.5 Å². The first-order chi connectivity index (χ1) is 11.8. The van der Waals surface area contributed by atoms with Gasteiger partial charge in [-0.25, -0.2) is 4.79 Å². The number of methoxy groups -OCH3 is 1. The summed E-state index contributed by atoms with van der Waals surface area (Å²) in [4.78, 5) is 49.3. The molecule has 134 valence electrons. The summed E-state index contributed by atoms with van der Waals surface area (Å²) < 4.78 is 10.1. The number of rotatable bonds is 6. The molecular formula is C16H19N3O6. The van der Waals surface area contributed by atoms with E-state index in [0.717, 1.165) is 4.90 Å². The minimum absolute atomic E-state index is 0.0873. The van der Waals surface area contributed by atoms with Gasteiger partial charge >= 0.3 is 12.0 Å². The number of urea groups is 1. The number of carbonyl (C=O) groups excluding carboxylic acids is 4. The zero-order valence-electron chi connectivity index (χ0n) is 14.1. The Hall–Kier alpha value is -3.10. The van der Waals surface area contributed by atoms with Gasteiger partial charge in [0.05, 0.1) is 12.8 Å². The minimum Gasteiger partial charge on any atom is -0.495 e. The van der Waals surface area contributed by atoms with Crippen molar-refractivity contribution in [1.82, 2.24) is 9.80 Å². The minimum atomic E-state index is -1.11. The molecule has 9 heteroatoms. The summed E-state index contributed by atoms with van der Waals surface area (Å²) in [7, 11) is 2.92. The zero-order valence-corrected chi connectivity index (χ0v) is 14.1. The van der Waals surface area contributed by atoms with E-state index in [0.29, 0.717) is 11.4 Å². The molecule has 2 rings (SSSR count). The molecule has 1 N–H and O–H groups in total. The largest absolute Gasteiger partial charge is 0.495 e. The predicted molar refractivity (Wildman–Crippen MR) is 86.9 cm³/mol. The standard InChI is InChI=1S/C16H19N3O6/c1-10(15(22)17-11-6-4-5-7-12(11)24-3)25-14(21)9-19-13(20)8-18(2)16(19)23/h4-7,10H,8-9H2,1-3H3,(H,17,22)/t10-/m1/s1. The molecule has 0 bridgehead atoms. The van der Waals surface area contributed by atoms with Gasteiger partial charge in [0.1, 0.15) is 18.8 Å². The Morgan fingerprint density at radius 1 is 1.28 bits per heavy atom.